The third kappa shape index (κ3) is 4.16. The van der Waals surface area contributed by atoms with Gasteiger partial charge in [-0.3, -0.25) is 4.79 Å². The molecule has 0 saturated heterocycles. The minimum Gasteiger partial charge on any atom is -0.302 e. The maximum atomic E-state index is 12.2. The van der Waals surface area contributed by atoms with E-state index < -0.39 is 0 Å². The predicted octanol–water partition coefficient (Wildman–Crippen LogP) is 4.73. The van der Waals surface area contributed by atoms with Gasteiger partial charge in [0, 0.05) is 33.9 Å². The molecule has 4 rings (SSSR count). The molecule has 0 aliphatic heterocycles. The van der Waals surface area contributed by atoms with E-state index in [4.69, 9.17) is 0 Å². The summed E-state index contributed by atoms with van der Waals surface area (Å²) >= 11 is 4.69. The van der Waals surface area contributed by atoms with E-state index >= 15 is 0 Å². The van der Waals surface area contributed by atoms with E-state index in [2.05, 4.69) is 44.3 Å². The largest absolute Gasteiger partial charge is 0.302 e. The maximum absolute atomic E-state index is 12.2. The van der Waals surface area contributed by atoms with Gasteiger partial charge in [-0.2, -0.15) is 0 Å². The van der Waals surface area contributed by atoms with Crippen molar-refractivity contribution in [1.29, 1.82) is 0 Å². The summed E-state index contributed by atoms with van der Waals surface area (Å²) in [5, 5.41) is 17.2. The number of thioether (sulfide) groups is 1. The SMILES string of the molecule is CCCn1c(SCC(=O)Nc2nccs2)nnc1-c1csc2c1CCC(C)C2. The van der Waals surface area contributed by atoms with Gasteiger partial charge < -0.3 is 9.88 Å². The Bertz CT molecular complexity index is 947. The Balaban J connectivity index is 1.52. The summed E-state index contributed by atoms with van der Waals surface area (Å²) in [6.45, 7) is 5.32. The molecule has 0 radical (unpaired) electrons. The Hall–Kier alpha value is -1.71. The minimum atomic E-state index is -0.0746. The highest BCUT2D eigenvalue weighted by molar-refractivity contribution is 7.99. The lowest BCUT2D eigenvalue weighted by atomic mass is 9.88. The van der Waals surface area contributed by atoms with Gasteiger partial charge in [-0.15, -0.1) is 32.9 Å². The Morgan fingerprint density at radius 2 is 2.29 bits per heavy atom. The first-order valence-corrected chi connectivity index (χ1v) is 12.2. The predicted molar refractivity (Wildman–Crippen MR) is 116 cm³/mol. The van der Waals surface area contributed by atoms with Gasteiger partial charge in [-0.05, 0) is 37.2 Å². The molecule has 28 heavy (non-hydrogen) atoms. The van der Waals surface area contributed by atoms with Crippen molar-refractivity contribution in [3.05, 3.63) is 27.4 Å². The zero-order valence-electron chi connectivity index (χ0n) is 16.0. The van der Waals surface area contributed by atoms with Gasteiger partial charge in [0.2, 0.25) is 5.91 Å². The highest BCUT2D eigenvalue weighted by Crippen LogP contribution is 2.38. The number of nitrogens with zero attached hydrogens (tertiary/aromatic N) is 4. The van der Waals surface area contributed by atoms with Crippen molar-refractivity contribution in [2.24, 2.45) is 5.92 Å². The van der Waals surface area contributed by atoms with Crippen LogP contribution in [-0.2, 0) is 24.2 Å². The molecule has 1 amide bonds. The second-order valence-corrected chi connectivity index (χ2v) is 9.83. The molecule has 1 aliphatic rings. The summed E-state index contributed by atoms with van der Waals surface area (Å²) in [7, 11) is 0. The molecule has 3 aromatic rings. The van der Waals surface area contributed by atoms with Crippen LogP contribution in [0.1, 0.15) is 37.1 Å². The van der Waals surface area contributed by atoms with Gasteiger partial charge in [0.15, 0.2) is 16.1 Å². The Kier molecular flexibility index (Phi) is 6.13. The van der Waals surface area contributed by atoms with E-state index in [-0.39, 0.29) is 5.91 Å². The number of amides is 1. The number of carbonyl (C=O) groups excluding carboxylic acids is 1. The summed E-state index contributed by atoms with van der Waals surface area (Å²) in [6, 6.07) is 0. The van der Waals surface area contributed by atoms with E-state index in [1.54, 1.807) is 6.20 Å². The minimum absolute atomic E-state index is 0.0746. The average molecular weight is 434 g/mol. The molecule has 1 atom stereocenters. The lowest BCUT2D eigenvalue weighted by molar-refractivity contribution is -0.113. The molecule has 1 unspecified atom stereocenters. The van der Waals surface area contributed by atoms with Gasteiger partial charge in [-0.1, -0.05) is 25.6 Å². The Morgan fingerprint density at radius 3 is 3.07 bits per heavy atom. The normalized spacial score (nSPS) is 16.1. The smallest absolute Gasteiger partial charge is 0.236 e. The molecule has 148 valence electrons. The van der Waals surface area contributed by atoms with Gasteiger partial charge in [0.1, 0.15) is 0 Å². The molecule has 0 spiro atoms. The third-order valence-corrected chi connectivity index (χ3v) is 7.52. The van der Waals surface area contributed by atoms with Crippen LogP contribution >= 0.6 is 34.4 Å². The number of thiophene rings is 1. The molecule has 1 N–H and O–H groups in total. The molecule has 3 heterocycles. The molecule has 0 fully saturated rings. The Labute approximate surface area is 176 Å². The number of hydrogen-bond donors (Lipinski definition) is 1. The van der Waals surface area contributed by atoms with Crippen molar-refractivity contribution in [1.82, 2.24) is 19.7 Å². The molecule has 0 saturated carbocycles. The van der Waals surface area contributed by atoms with Gasteiger partial charge >= 0.3 is 0 Å². The average Bonchev–Trinajstić information content (AvgIpc) is 3.40. The van der Waals surface area contributed by atoms with Crippen molar-refractivity contribution in [2.75, 3.05) is 11.1 Å². The van der Waals surface area contributed by atoms with Crippen molar-refractivity contribution in [3.8, 4) is 11.4 Å². The van der Waals surface area contributed by atoms with Crippen LogP contribution in [0.15, 0.2) is 22.1 Å². The maximum Gasteiger partial charge on any atom is 0.236 e. The number of nitrogens with one attached hydrogen (secondary N) is 1. The van der Waals surface area contributed by atoms with E-state index in [9.17, 15) is 4.79 Å². The highest BCUT2D eigenvalue weighted by Gasteiger charge is 2.24. The summed E-state index contributed by atoms with van der Waals surface area (Å²) in [5.74, 6) is 1.92. The van der Waals surface area contributed by atoms with Crippen LogP contribution in [0.4, 0.5) is 5.13 Å². The number of carbonyl (C=O) groups is 1. The second-order valence-electron chi connectivity index (χ2n) is 7.03. The van der Waals surface area contributed by atoms with E-state index in [0.29, 0.717) is 10.9 Å². The van der Waals surface area contributed by atoms with Crippen LogP contribution < -0.4 is 5.32 Å². The van der Waals surface area contributed by atoms with Crippen LogP contribution in [0.25, 0.3) is 11.4 Å². The first kappa shape index (κ1) is 19.6. The van der Waals surface area contributed by atoms with Crippen molar-refractivity contribution in [2.45, 2.75) is 51.2 Å². The van der Waals surface area contributed by atoms with Gasteiger partial charge in [-0.25, -0.2) is 4.98 Å². The standard InChI is InChI=1S/C19H23N5OS3/c1-3-7-24-17(14-10-27-15-9-12(2)4-5-13(14)15)22-23-19(24)28-11-16(25)21-18-20-6-8-26-18/h6,8,10,12H,3-5,7,9,11H2,1-2H3,(H,20,21,25). The summed E-state index contributed by atoms with van der Waals surface area (Å²) in [5.41, 5.74) is 2.68. The highest BCUT2D eigenvalue weighted by atomic mass is 32.2. The second kappa shape index (κ2) is 8.75. The fourth-order valence-electron chi connectivity index (χ4n) is 3.46. The number of hydrogen-bond acceptors (Lipinski definition) is 7. The molecular weight excluding hydrogens is 410 g/mol. The van der Waals surface area contributed by atoms with Gasteiger partial charge in [0.05, 0.1) is 5.75 Å². The summed E-state index contributed by atoms with van der Waals surface area (Å²) < 4.78 is 2.17. The summed E-state index contributed by atoms with van der Waals surface area (Å²) in [4.78, 5) is 17.8. The van der Waals surface area contributed by atoms with Crippen LogP contribution in [-0.4, -0.2) is 31.4 Å². The van der Waals surface area contributed by atoms with Crippen LogP contribution in [0, 0.1) is 5.92 Å². The quantitative estimate of drug-likeness (QED) is 0.545. The number of anilines is 1. The Morgan fingerprint density at radius 1 is 1.39 bits per heavy atom. The van der Waals surface area contributed by atoms with E-state index in [1.807, 2.05) is 16.7 Å². The first-order valence-electron chi connectivity index (χ1n) is 9.50. The molecule has 0 bridgehead atoms. The lowest BCUT2D eigenvalue weighted by Gasteiger charge is -2.19. The van der Waals surface area contributed by atoms with Crippen molar-refractivity contribution < 1.29 is 4.79 Å². The van der Waals surface area contributed by atoms with Gasteiger partial charge in [0.25, 0.3) is 0 Å². The number of fused-ring (bicyclic) bond motifs is 1. The number of thiazole rings is 1. The molecular formula is C19H23N5OS3. The zero-order valence-corrected chi connectivity index (χ0v) is 18.4. The van der Waals surface area contributed by atoms with E-state index in [1.165, 1.54) is 51.9 Å². The summed E-state index contributed by atoms with van der Waals surface area (Å²) in [6.07, 6.45) is 6.19. The lowest BCUT2D eigenvalue weighted by Crippen LogP contribution is -2.14. The van der Waals surface area contributed by atoms with E-state index in [0.717, 1.165) is 36.3 Å². The van der Waals surface area contributed by atoms with Crippen LogP contribution in [0.5, 0.6) is 0 Å². The van der Waals surface area contributed by atoms with Crippen LogP contribution in [0.2, 0.25) is 0 Å². The van der Waals surface area contributed by atoms with Crippen molar-refractivity contribution in [3.63, 3.8) is 0 Å². The van der Waals surface area contributed by atoms with Crippen LogP contribution in [0.3, 0.4) is 0 Å². The third-order valence-electron chi connectivity index (χ3n) is 4.82. The fraction of sp³-hybridized carbons (Fsp3) is 0.474. The fourth-order valence-corrected chi connectivity index (χ4v) is 6.01. The molecule has 6 nitrogen and oxygen atoms in total. The number of rotatable bonds is 7. The zero-order chi connectivity index (χ0) is 19.5. The van der Waals surface area contributed by atoms with Crippen molar-refractivity contribution >= 4 is 45.5 Å². The topological polar surface area (TPSA) is 72.7 Å². The molecule has 1 aliphatic carbocycles. The first-order chi connectivity index (χ1) is 13.7. The molecule has 9 heteroatoms. The molecule has 3 aromatic heterocycles. The monoisotopic (exact) mass is 433 g/mol. The number of aromatic nitrogens is 4. The molecule has 0 aromatic carbocycles.